The van der Waals surface area contributed by atoms with Gasteiger partial charge in [-0.15, -0.1) is 0 Å². The predicted octanol–water partition coefficient (Wildman–Crippen LogP) is 1.81. The van der Waals surface area contributed by atoms with Gasteiger partial charge in [0.2, 0.25) is 10.0 Å². The fourth-order valence-electron chi connectivity index (χ4n) is 3.81. The van der Waals surface area contributed by atoms with Crippen molar-refractivity contribution < 1.29 is 22.4 Å². The van der Waals surface area contributed by atoms with Gasteiger partial charge in [0.15, 0.2) is 10.7 Å². The average molecular weight is 449 g/mol. The molecule has 0 N–H and O–H groups in total. The molecule has 31 heavy (non-hydrogen) atoms. The van der Waals surface area contributed by atoms with Crippen LogP contribution in [0.4, 0.5) is 5.69 Å². The van der Waals surface area contributed by atoms with E-state index in [4.69, 9.17) is 14.0 Å². The van der Waals surface area contributed by atoms with Crippen molar-refractivity contribution in [3.8, 4) is 5.75 Å². The maximum absolute atomic E-state index is 13.4. The number of morpholine rings is 1. The third kappa shape index (κ3) is 4.70. The minimum absolute atomic E-state index is 0.148. The Bertz CT molecular complexity index is 1000. The van der Waals surface area contributed by atoms with Gasteiger partial charge in [0, 0.05) is 57.2 Å². The van der Waals surface area contributed by atoms with E-state index in [-0.39, 0.29) is 10.7 Å². The van der Waals surface area contributed by atoms with E-state index in [0.717, 1.165) is 24.5 Å². The van der Waals surface area contributed by atoms with E-state index in [9.17, 15) is 8.42 Å². The molecule has 2 aliphatic rings. The van der Waals surface area contributed by atoms with Crippen molar-refractivity contribution in [3.05, 3.63) is 41.9 Å². The summed E-state index contributed by atoms with van der Waals surface area (Å²) in [5.41, 5.74) is 1.42. The predicted molar refractivity (Wildman–Crippen MR) is 117 cm³/mol. The van der Waals surface area contributed by atoms with Gasteiger partial charge in [-0.3, -0.25) is 0 Å². The summed E-state index contributed by atoms with van der Waals surface area (Å²) < 4.78 is 44.2. The summed E-state index contributed by atoms with van der Waals surface area (Å²) in [6, 6.07) is 7.79. The minimum Gasteiger partial charge on any atom is -0.497 e. The van der Waals surface area contributed by atoms with E-state index in [0.29, 0.717) is 45.1 Å². The number of methoxy groups -OCH3 is 1. The lowest BCUT2D eigenvalue weighted by Gasteiger charge is -2.35. The largest absolute Gasteiger partial charge is 0.497 e. The highest BCUT2D eigenvalue weighted by atomic mass is 32.2. The number of aryl methyl sites for hydroxylation is 1. The second kappa shape index (κ2) is 9.29. The highest BCUT2D eigenvalue weighted by molar-refractivity contribution is 7.89. The van der Waals surface area contributed by atoms with Gasteiger partial charge in [0.05, 0.1) is 20.3 Å². The van der Waals surface area contributed by atoms with Crippen LogP contribution >= 0.6 is 0 Å². The SMILES string of the molecule is COc1ccc(N2CCN(S(=O)(=O)c3c(C)noc3C=CN3CCOCC3)CC2)cc1. The minimum atomic E-state index is -3.71. The molecule has 2 aromatic rings. The fraction of sp³-hybridized carbons (Fsp3) is 0.476. The summed E-state index contributed by atoms with van der Waals surface area (Å²) in [5, 5.41) is 3.92. The number of hydrogen-bond donors (Lipinski definition) is 0. The van der Waals surface area contributed by atoms with E-state index in [1.165, 1.54) is 4.31 Å². The van der Waals surface area contributed by atoms with Crippen LogP contribution in [0.1, 0.15) is 11.5 Å². The van der Waals surface area contributed by atoms with Crippen LogP contribution in [0.5, 0.6) is 5.75 Å². The number of sulfonamides is 1. The molecule has 2 fully saturated rings. The first-order valence-electron chi connectivity index (χ1n) is 10.3. The zero-order valence-corrected chi connectivity index (χ0v) is 18.7. The number of anilines is 1. The molecule has 0 unspecified atom stereocenters. The molecule has 0 radical (unpaired) electrons. The topological polar surface area (TPSA) is 88.3 Å². The lowest BCUT2D eigenvalue weighted by Crippen LogP contribution is -2.48. The Kier molecular flexibility index (Phi) is 6.49. The van der Waals surface area contributed by atoms with Crippen LogP contribution in [0.15, 0.2) is 39.9 Å². The molecule has 0 saturated carbocycles. The Balaban J connectivity index is 1.46. The summed E-state index contributed by atoms with van der Waals surface area (Å²) in [6.07, 6.45) is 3.54. The molecule has 10 heteroatoms. The maximum atomic E-state index is 13.4. The van der Waals surface area contributed by atoms with Crippen LogP contribution in [0.25, 0.3) is 6.08 Å². The van der Waals surface area contributed by atoms with E-state index >= 15 is 0 Å². The number of rotatable bonds is 6. The molecule has 168 valence electrons. The lowest BCUT2D eigenvalue weighted by atomic mass is 10.2. The maximum Gasteiger partial charge on any atom is 0.248 e. The highest BCUT2D eigenvalue weighted by Gasteiger charge is 2.34. The molecule has 3 heterocycles. The summed E-state index contributed by atoms with van der Waals surface area (Å²) in [6.45, 7) is 6.50. The fourth-order valence-corrected chi connectivity index (χ4v) is 5.48. The van der Waals surface area contributed by atoms with Gasteiger partial charge >= 0.3 is 0 Å². The highest BCUT2D eigenvalue weighted by Crippen LogP contribution is 2.27. The lowest BCUT2D eigenvalue weighted by molar-refractivity contribution is 0.0597. The van der Waals surface area contributed by atoms with Gasteiger partial charge < -0.3 is 23.8 Å². The number of nitrogens with zero attached hydrogens (tertiary/aromatic N) is 4. The van der Waals surface area contributed by atoms with Crippen molar-refractivity contribution in [1.82, 2.24) is 14.4 Å². The van der Waals surface area contributed by atoms with Gasteiger partial charge in [-0.25, -0.2) is 8.42 Å². The van der Waals surface area contributed by atoms with Crippen LogP contribution in [0, 0.1) is 6.92 Å². The smallest absolute Gasteiger partial charge is 0.248 e. The second-order valence-corrected chi connectivity index (χ2v) is 9.39. The normalized spacial score (nSPS) is 18.6. The third-order valence-electron chi connectivity index (χ3n) is 5.59. The summed E-state index contributed by atoms with van der Waals surface area (Å²) in [4.78, 5) is 4.39. The molecule has 0 atom stereocenters. The van der Waals surface area contributed by atoms with Gasteiger partial charge in [-0.1, -0.05) is 5.16 Å². The van der Waals surface area contributed by atoms with Crippen molar-refractivity contribution >= 4 is 21.8 Å². The number of aromatic nitrogens is 1. The van der Waals surface area contributed by atoms with E-state index in [2.05, 4.69) is 15.0 Å². The molecule has 0 aliphatic carbocycles. The van der Waals surface area contributed by atoms with Gasteiger partial charge in [0.1, 0.15) is 11.4 Å². The van der Waals surface area contributed by atoms with E-state index in [1.54, 1.807) is 20.1 Å². The van der Waals surface area contributed by atoms with Crippen LogP contribution in [-0.2, 0) is 14.8 Å². The monoisotopic (exact) mass is 448 g/mol. The number of ether oxygens (including phenoxy) is 2. The zero-order chi connectivity index (χ0) is 21.8. The van der Waals surface area contributed by atoms with Crippen molar-refractivity contribution in [3.63, 3.8) is 0 Å². The molecular formula is C21H28N4O5S. The second-order valence-electron chi connectivity index (χ2n) is 7.51. The Morgan fingerprint density at radius 2 is 1.71 bits per heavy atom. The standard InChI is InChI=1S/C21H28N4O5S/c1-17-21(20(30-22-17)7-8-23-13-15-29-16-14-23)31(26,27)25-11-9-24(10-12-25)18-3-5-19(28-2)6-4-18/h3-8H,9-16H2,1-2H3. The molecule has 0 bridgehead atoms. The Labute approximate surface area is 182 Å². The number of piperazine rings is 1. The van der Waals surface area contributed by atoms with Crippen molar-refractivity contribution in [2.24, 2.45) is 0 Å². The van der Waals surface area contributed by atoms with E-state index < -0.39 is 10.0 Å². The van der Waals surface area contributed by atoms with Crippen molar-refractivity contribution in [1.29, 1.82) is 0 Å². The first-order chi connectivity index (χ1) is 15.0. The van der Waals surface area contributed by atoms with Crippen LogP contribution in [0.2, 0.25) is 0 Å². The zero-order valence-electron chi connectivity index (χ0n) is 17.9. The first kappa shape index (κ1) is 21.7. The van der Waals surface area contributed by atoms with Crippen molar-refractivity contribution in [2.75, 3.05) is 64.5 Å². The quantitative estimate of drug-likeness (QED) is 0.661. The molecule has 9 nitrogen and oxygen atoms in total. The van der Waals surface area contributed by atoms with Gasteiger partial charge in [-0.05, 0) is 31.2 Å². The van der Waals surface area contributed by atoms with Crippen molar-refractivity contribution in [2.45, 2.75) is 11.8 Å². The van der Waals surface area contributed by atoms with Crippen LogP contribution in [-0.4, -0.2) is 82.4 Å². The first-order valence-corrected chi connectivity index (χ1v) is 11.8. The molecule has 1 aromatic heterocycles. The summed E-state index contributed by atoms with van der Waals surface area (Å²) >= 11 is 0. The molecule has 4 rings (SSSR count). The van der Waals surface area contributed by atoms with Crippen LogP contribution in [0.3, 0.4) is 0 Å². The molecule has 0 amide bonds. The Morgan fingerprint density at radius 3 is 2.35 bits per heavy atom. The Hall–Kier alpha value is -2.56. The summed E-state index contributed by atoms with van der Waals surface area (Å²) in [7, 11) is -2.08. The summed E-state index contributed by atoms with van der Waals surface area (Å²) in [5.74, 6) is 1.06. The third-order valence-corrected chi connectivity index (χ3v) is 7.65. The average Bonchev–Trinajstić information content (AvgIpc) is 3.19. The molecular weight excluding hydrogens is 420 g/mol. The molecule has 0 spiro atoms. The van der Waals surface area contributed by atoms with Crippen LogP contribution < -0.4 is 9.64 Å². The Morgan fingerprint density at radius 1 is 1.03 bits per heavy atom. The van der Waals surface area contributed by atoms with Gasteiger partial charge in [-0.2, -0.15) is 4.31 Å². The molecule has 2 saturated heterocycles. The number of hydrogen-bond acceptors (Lipinski definition) is 8. The van der Waals surface area contributed by atoms with Gasteiger partial charge in [0.25, 0.3) is 0 Å². The molecule has 1 aromatic carbocycles. The van der Waals surface area contributed by atoms with E-state index in [1.807, 2.05) is 30.5 Å². The number of benzene rings is 1. The molecule has 2 aliphatic heterocycles.